The number of carbonyl (C=O) groups is 1. The van der Waals surface area contributed by atoms with Gasteiger partial charge in [-0.05, 0) is 29.8 Å². The Morgan fingerprint density at radius 2 is 1.93 bits per heavy atom. The summed E-state index contributed by atoms with van der Waals surface area (Å²) in [7, 11) is 1.59. The van der Waals surface area contributed by atoms with Crippen molar-refractivity contribution in [3.05, 3.63) is 75.9 Å². The van der Waals surface area contributed by atoms with Crippen LogP contribution in [0.15, 0.2) is 59.7 Å². The van der Waals surface area contributed by atoms with Crippen LogP contribution < -0.4 is 11.0 Å². The first-order valence-corrected chi connectivity index (χ1v) is 9.22. The summed E-state index contributed by atoms with van der Waals surface area (Å²) in [5, 5.41) is 7.71. The molecule has 136 valence electrons. The molecule has 1 N–H and O–H groups in total. The molecule has 27 heavy (non-hydrogen) atoms. The third-order valence-electron chi connectivity index (χ3n) is 4.11. The molecule has 2 aromatic heterocycles. The molecule has 0 aliphatic carbocycles. The number of nitrogens with one attached hydrogen (secondary N) is 1. The Kier molecular flexibility index (Phi) is 4.55. The number of amides is 1. The van der Waals surface area contributed by atoms with Crippen LogP contribution in [0.3, 0.4) is 0 Å². The lowest BCUT2D eigenvalue weighted by molar-refractivity contribution is -0.117. The summed E-state index contributed by atoms with van der Waals surface area (Å²) in [4.78, 5) is 28.5. The first kappa shape index (κ1) is 17.2. The van der Waals surface area contributed by atoms with Crippen LogP contribution in [0.2, 0.25) is 0 Å². The topological polar surface area (TPSA) is 81.8 Å². The fraction of sp³-hybridized carbons (Fsp3) is 0.158. The highest BCUT2D eigenvalue weighted by Crippen LogP contribution is 2.24. The first-order chi connectivity index (χ1) is 13.1. The van der Waals surface area contributed by atoms with Crippen molar-refractivity contribution in [2.24, 2.45) is 7.05 Å². The number of fused-ring (bicyclic) bond motifs is 1. The molecule has 0 unspecified atom stereocenters. The van der Waals surface area contributed by atoms with Gasteiger partial charge in [0.25, 0.3) is 0 Å². The Balaban J connectivity index is 1.40. The van der Waals surface area contributed by atoms with E-state index in [-0.39, 0.29) is 18.1 Å². The molecule has 0 spiro atoms. The molecule has 4 rings (SSSR count). The van der Waals surface area contributed by atoms with Crippen molar-refractivity contribution in [2.75, 3.05) is 5.32 Å². The predicted octanol–water partition coefficient (Wildman–Crippen LogP) is 2.42. The van der Waals surface area contributed by atoms with Crippen LogP contribution in [0.1, 0.15) is 10.6 Å². The second kappa shape index (κ2) is 7.16. The highest BCUT2D eigenvalue weighted by Gasteiger charge is 2.09. The van der Waals surface area contributed by atoms with Gasteiger partial charge in [0, 0.05) is 19.2 Å². The van der Waals surface area contributed by atoms with Crippen molar-refractivity contribution >= 4 is 33.1 Å². The zero-order chi connectivity index (χ0) is 18.8. The molecular formula is C19H17N5O2S. The third-order valence-corrected chi connectivity index (χ3v) is 5.15. The van der Waals surface area contributed by atoms with E-state index in [2.05, 4.69) is 21.5 Å². The number of aromatic nitrogens is 4. The van der Waals surface area contributed by atoms with E-state index in [1.54, 1.807) is 18.4 Å². The van der Waals surface area contributed by atoms with Crippen molar-refractivity contribution in [1.29, 1.82) is 0 Å². The van der Waals surface area contributed by atoms with Gasteiger partial charge in [0.1, 0.15) is 12.9 Å². The van der Waals surface area contributed by atoms with E-state index in [1.165, 1.54) is 15.6 Å². The molecule has 0 atom stereocenters. The summed E-state index contributed by atoms with van der Waals surface area (Å²) >= 11 is 1.69. The molecular weight excluding hydrogens is 362 g/mol. The SMILES string of the molecule is Cn1cnn(CC(=O)Nc2ccc(Cc3nc4ccccc4s3)cc2)c1=O. The van der Waals surface area contributed by atoms with Crippen molar-refractivity contribution in [3.8, 4) is 0 Å². The Labute approximate surface area is 158 Å². The van der Waals surface area contributed by atoms with E-state index in [1.807, 2.05) is 42.5 Å². The normalized spacial score (nSPS) is 11.0. The van der Waals surface area contributed by atoms with Crippen molar-refractivity contribution < 1.29 is 4.79 Å². The quantitative estimate of drug-likeness (QED) is 0.577. The van der Waals surface area contributed by atoms with Crippen molar-refractivity contribution in [2.45, 2.75) is 13.0 Å². The average Bonchev–Trinajstić information content (AvgIpc) is 3.21. The lowest BCUT2D eigenvalue weighted by Crippen LogP contribution is -2.29. The Morgan fingerprint density at radius 3 is 2.63 bits per heavy atom. The largest absolute Gasteiger partial charge is 0.345 e. The van der Waals surface area contributed by atoms with Gasteiger partial charge in [-0.3, -0.25) is 9.36 Å². The molecule has 4 aromatic rings. The smallest absolute Gasteiger partial charge is 0.324 e. The van der Waals surface area contributed by atoms with E-state index in [9.17, 15) is 9.59 Å². The maximum Gasteiger partial charge on any atom is 0.345 e. The number of aryl methyl sites for hydroxylation is 1. The monoisotopic (exact) mass is 379 g/mol. The number of anilines is 1. The second-order valence-corrected chi connectivity index (χ2v) is 7.29. The van der Waals surface area contributed by atoms with Gasteiger partial charge >= 0.3 is 5.69 Å². The van der Waals surface area contributed by atoms with Crippen molar-refractivity contribution in [1.82, 2.24) is 19.3 Å². The number of carbonyl (C=O) groups excluding carboxylic acids is 1. The summed E-state index contributed by atoms with van der Waals surface area (Å²) < 4.78 is 3.63. The van der Waals surface area contributed by atoms with Crippen LogP contribution in [-0.4, -0.2) is 25.2 Å². The second-order valence-electron chi connectivity index (χ2n) is 6.18. The molecule has 0 saturated carbocycles. The summed E-state index contributed by atoms with van der Waals surface area (Å²) in [6.45, 7) is -0.118. The van der Waals surface area contributed by atoms with Gasteiger partial charge in [0.15, 0.2) is 0 Å². The van der Waals surface area contributed by atoms with Gasteiger partial charge in [-0.2, -0.15) is 5.10 Å². The van der Waals surface area contributed by atoms with Crippen LogP contribution in [0.5, 0.6) is 0 Å². The fourth-order valence-electron chi connectivity index (χ4n) is 2.74. The van der Waals surface area contributed by atoms with Crippen molar-refractivity contribution in [3.63, 3.8) is 0 Å². The average molecular weight is 379 g/mol. The summed E-state index contributed by atoms with van der Waals surface area (Å²) in [6.07, 6.45) is 2.13. The molecule has 2 heterocycles. The molecule has 0 saturated heterocycles. The highest BCUT2D eigenvalue weighted by molar-refractivity contribution is 7.18. The zero-order valence-corrected chi connectivity index (χ0v) is 15.4. The molecule has 0 radical (unpaired) electrons. The molecule has 0 aliphatic heterocycles. The van der Waals surface area contributed by atoms with Gasteiger partial charge in [-0.25, -0.2) is 14.5 Å². The van der Waals surface area contributed by atoms with E-state index >= 15 is 0 Å². The Bertz CT molecular complexity index is 1120. The fourth-order valence-corrected chi connectivity index (χ4v) is 3.74. The van der Waals surface area contributed by atoms with Crippen LogP contribution in [0.25, 0.3) is 10.2 Å². The molecule has 0 fully saturated rings. The Hall–Kier alpha value is -3.26. The molecule has 2 aromatic carbocycles. The minimum absolute atomic E-state index is 0.118. The van der Waals surface area contributed by atoms with Gasteiger partial charge in [0.2, 0.25) is 5.91 Å². The van der Waals surface area contributed by atoms with E-state index in [0.717, 1.165) is 27.2 Å². The summed E-state index contributed by atoms with van der Waals surface area (Å²) in [6, 6.07) is 15.7. The minimum atomic E-state index is -0.323. The number of nitrogens with zero attached hydrogens (tertiary/aromatic N) is 4. The van der Waals surface area contributed by atoms with Crippen LogP contribution in [0, 0.1) is 0 Å². The summed E-state index contributed by atoms with van der Waals surface area (Å²) in [5.41, 5.74) is 2.49. The first-order valence-electron chi connectivity index (χ1n) is 8.40. The summed E-state index contributed by atoms with van der Waals surface area (Å²) in [5.74, 6) is -0.297. The molecule has 1 amide bonds. The van der Waals surface area contributed by atoms with Gasteiger partial charge in [-0.1, -0.05) is 24.3 Å². The van der Waals surface area contributed by atoms with Crippen LogP contribution in [0.4, 0.5) is 5.69 Å². The number of para-hydroxylation sites is 1. The maximum absolute atomic E-state index is 12.1. The number of hydrogen-bond acceptors (Lipinski definition) is 5. The molecule has 7 nitrogen and oxygen atoms in total. The van der Waals surface area contributed by atoms with Gasteiger partial charge in [-0.15, -0.1) is 11.3 Å². The number of hydrogen-bond donors (Lipinski definition) is 1. The van der Waals surface area contributed by atoms with Gasteiger partial charge < -0.3 is 5.32 Å². The minimum Gasteiger partial charge on any atom is -0.324 e. The lowest BCUT2D eigenvalue weighted by Gasteiger charge is -2.06. The number of thiazole rings is 1. The molecule has 0 bridgehead atoms. The highest BCUT2D eigenvalue weighted by atomic mass is 32.1. The number of benzene rings is 2. The maximum atomic E-state index is 12.1. The van der Waals surface area contributed by atoms with E-state index in [0.29, 0.717) is 5.69 Å². The predicted molar refractivity (Wildman–Crippen MR) is 105 cm³/mol. The standard InChI is InChI=1S/C19H17N5O2S/c1-23-12-20-24(19(23)26)11-17(25)21-14-8-6-13(7-9-14)10-18-22-15-4-2-3-5-16(15)27-18/h2-9,12H,10-11H2,1H3,(H,21,25). The van der Waals surface area contributed by atoms with Gasteiger partial charge in [0.05, 0.1) is 15.2 Å². The van der Waals surface area contributed by atoms with Crippen LogP contribution >= 0.6 is 11.3 Å². The van der Waals surface area contributed by atoms with Crippen LogP contribution in [-0.2, 0) is 24.8 Å². The molecule has 8 heteroatoms. The zero-order valence-electron chi connectivity index (χ0n) is 14.6. The third kappa shape index (κ3) is 3.80. The van der Waals surface area contributed by atoms with E-state index in [4.69, 9.17) is 0 Å². The molecule has 0 aliphatic rings. The lowest BCUT2D eigenvalue weighted by atomic mass is 10.1. The van der Waals surface area contributed by atoms with E-state index < -0.39 is 0 Å². The Morgan fingerprint density at radius 1 is 1.15 bits per heavy atom. The number of rotatable bonds is 5.